The van der Waals surface area contributed by atoms with Crippen molar-refractivity contribution in [3.8, 4) is 23.0 Å². The third kappa shape index (κ3) is 20.4. The number of hydrogen-bond acceptors (Lipinski definition) is 24. The van der Waals surface area contributed by atoms with Crippen LogP contribution in [0.25, 0.3) is 0 Å². The first-order chi connectivity index (χ1) is 54.8. The number of carboxylic acid groups (broad SMARTS) is 2. The molecule has 0 spiro atoms. The van der Waals surface area contributed by atoms with Crippen molar-refractivity contribution in [2.24, 2.45) is 28.6 Å². The summed E-state index contributed by atoms with van der Waals surface area (Å²) in [4.78, 5) is 79.7. The molecular formula is C86H108BrN5O22S2. The van der Waals surface area contributed by atoms with Crippen molar-refractivity contribution in [3.05, 3.63) is 188 Å². The van der Waals surface area contributed by atoms with E-state index in [9.17, 15) is 69.3 Å². The van der Waals surface area contributed by atoms with Gasteiger partial charge in [0.15, 0.2) is 23.5 Å². The standard InChI is InChI=1S/C25H34O6.2C19H24N2O4.C19H22NO4S2.C4H4O4.BrH/c1-4-5-21-30-20-11-17-16-7-6-14-10-15(27)8-9-23(14,2)22(16)18(28)12-24(17,3)25(20,31-21)19(29)13-26;2*1-13(9-14-3-6-16(25-2)7-4-14)20-11-19(24)15-5-8-18(23)17(10-15)21-12-22;1-20(2)12-9-11(10-13(20)17-16(12)24-17)23-18(21)19(22,14-5-3-7-25-14)15-6-4-8-26-15;5-3(6)1-2-4(7)8;/h8-10,16-18,20-22,26,28H,4-7,11-13H2,1-3H3;2*3-8,10,12-13,19-20,23-24H,9,11H2,1-2H3,(H,21,22);3-8,11-13,16-17,22H,9-10H2,1-2H3;1-2H,(H,5,6)(H,7,8);1H/q;;;+1;;/p-1/b;;;;2-1+;/t16-,17-,18-,20+,21?,22+,23-,24-,25+;2*13-,19+;11?,12-,13+,16-,17+;;/m011.../s1. The summed E-state index contributed by atoms with van der Waals surface area (Å²) in [5.41, 5.74) is 1.38. The maximum Gasteiger partial charge on any atom is 0.349 e. The van der Waals surface area contributed by atoms with Crippen molar-refractivity contribution in [2.45, 2.75) is 183 Å². The summed E-state index contributed by atoms with van der Waals surface area (Å²) in [7, 11) is 7.77. The number of amides is 2. The number of thiophene rings is 2. The number of carboxylic acids is 2. The highest BCUT2D eigenvalue weighted by Crippen LogP contribution is 2.70. The van der Waals surface area contributed by atoms with Gasteiger partial charge in [0.05, 0.1) is 73.9 Å². The average Bonchev–Trinajstić information content (AvgIpc) is 1.49. The lowest BCUT2D eigenvalue weighted by Gasteiger charge is -2.59. The molecule has 0 radical (unpaired) electrons. The Labute approximate surface area is 693 Å². The fourth-order valence-corrected chi connectivity index (χ4v) is 19.9. The second-order valence-corrected chi connectivity index (χ2v) is 33.5. The van der Waals surface area contributed by atoms with E-state index in [2.05, 4.69) is 56.1 Å². The number of aliphatic hydroxyl groups excluding tert-OH is 4. The van der Waals surface area contributed by atoms with Gasteiger partial charge in [0.2, 0.25) is 18.4 Å². The average molecular weight is 1710 g/mol. The number of carbonyl (C=O) groups is 7. The van der Waals surface area contributed by atoms with Crippen LogP contribution < -0.4 is 47.7 Å². The highest BCUT2D eigenvalue weighted by atomic mass is 79.9. The molecule has 14 rings (SSSR count). The lowest BCUT2D eigenvalue weighted by atomic mass is 9.46. The molecule has 4 aromatic carbocycles. The van der Waals surface area contributed by atoms with Crippen molar-refractivity contribution >= 4 is 76.3 Å². The number of allylic oxidation sites excluding steroid dienone is 4. The number of piperidine rings is 1. The quantitative estimate of drug-likeness (QED) is 0.00647. The first-order valence-electron chi connectivity index (χ1n) is 38.7. The summed E-state index contributed by atoms with van der Waals surface area (Å²) in [6, 6.07) is 33.4. The molecule has 2 aromatic heterocycles. The minimum absolute atomic E-state index is 0. The van der Waals surface area contributed by atoms with Crippen LogP contribution in [0, 0.1) is 28.6 Å². The fraction of sp³-hybridized carbons (Fsp3) is 0.477. The molecule has 4 aliphatic carbocycles. The number of aliphatic carboxylic acids is 2. The molecule has 18 atom stereocenters. The molecular weight excluding hydrogens is 1600 g/mol. The second-order valence-electron chi connectivity index (χ2n) is 31.6. The third-order valence-electron chi connectivity index (χ3n) is 24.1. The van der Waals surface area contributed by atoms with E-state index < -0.39 is 71.8 Å². The molecule has 2 bridgehead atoms. The Kier molecular flexibility index (Phi) is 31.3. The van der Waals surface area contributed by atoms with Gasteiger partial charge in [-0.2, -0.15) is 0 Å². The van der Waals surface area contributed by atoms with Gasteiger partial charge >= 0.3 is 17.9 Å². The zero-order valence-electron chi connectivity index (χ0n) is 66.4. The van der Waals surface area contributed by atoms with Crippen LogP contribution in [-0.4, -0.2) is 207 Å². The van der Waals surface area contributed by atoms with Gasteiger partial charge in [-0.1, -0.05) is 87.4 Å². The van der Waals surface area contributed by atoms with Gasteiger partial charge in [0.25, 0.3) is 0 Å². The van der Waals surface area contributed by atoms with E-state index in [1.54, 1.807) is 62.8 Å². The maximum atomic E-state index is 13.2. The number of benzene rings is 4. The molecule has 3 saturated carbocycles. The van der Waals surface area contributed by atoms with Gasteiger partial charge in [0, 0.05) is 66.9 Å². The monoisotopic (exact) mass is 1710 g/mol. The van der Waals surface area contributed by atoms with Gasteiger partial charge in [-0.3, -0.25) is 19.2 Å². The van der Waals surface area contributed by atoms with E-state index in [-0.39, 0.29) is 92.8 Å². The molecule has 6 aromatic rings. The Bertz CT molecular complexity index is 4240. The second kappa shape index (κ2) is 39.8. The summed E-state index contributed by atoms with van der Waals surface area (Å²) in [5.74, 6) is -1.47. The van der Waals surface area contributed by atoms with E-state index in [0.29, 0.717) is 102 Å². The number of methoxy groups -OCH3 is 2. The summed E-state index contributed by atoms with van der Waals surface area (Å²) in [6.07, 6.45) is 12.6. The van der Waals surface area contributed by atoms with Gasteiger partial charge in [0.1, 0.15) is 60.0 Å². The predicted octanol–water partition coefficient (Wildman–Crippen LogP) is 6.22. The number of nitrogens with zero attached hydrogens (tertiary/aromatic N) is 1. The molecule has 2 unspecified atom stereocenters. The smallest absolute Gasteiger partial charge is 0.349 e. The number of phenolic OH excluding ortho intramolecular Hbond substituents is 2. The van der Waals surface area contributed by atoms with E-state index in [0.717, 1.165) is 66.5 Å². The first-order valence-corrected chi connectivity index (χ1v) is 40.5. The van der Waals surface area contributed by atoms with Crippen LogP contribution in [-0.2, 0) is 71.0 Å². The molecule has 4 aliphatic heterocycles. The van der Waals surface area contributed by atoms with Crippen LogP contribution in [0.2, 0.25) is 0 Å². The highest BCUT2D eigenvalue weighted by molar-refractivity contribution is 7.12. The van der Waals surface area contributed by atoms with Crippen LogP contribution in [0.15, 0.2) is 156 Å². The minimum atomic E-state index is -1.72. The Morgan fingerprint density at radius 3 is 1.67 bits per heavy atom. The molecule has 116 heavy (non-hydrogen) atoms. The molecule has 7 fully saturated rings. The van der Waals surface area contributed by atoms with Crippen LogP contribution in [0.3, 0.4) is 0 Å². The Morgan fingerprint density at radius 1 is 0.733 bits per heavy atom. The number of esters is 1. The van der Waals surface area contributed by atoms with Gasteiger partial charge in [-0.25, -0.2) is 14.4 Å². The number of ketones is 2. The summed E-state index contributed by atoms with van der Waals surface area (Å²) < 4.78 is 35.6. The number of quaternary nitrogens is 1. The third-order valence-corrected chi connectivity index (χ3v) is 26.0. The van der Waals surface area contributed by atoms with Crippen LogP contribution in [0.1, 0.15) is 130 Å². The zero-order chi connectivity index (χ0) is 83.3. The van der Waals surface area contributed by atoms with Gasteiger partial charge < -0.3 is 117 Å². The van der Waals surface area contributed by atoms with Crippen LogP contribution in [0.4, 0.5) is 11.4 Å². The molecule has 8 aliphatic rings. The van der Waals surface area contributed by atoms with Crippen LogP contribution >= 0.6 is 22.7 Å². The number of fused-ring (bicyclic) bond motifs is 12. The Morgan fingerprint density at radius 2 is 1.23 bits per heavy atom. The summed E-state index contributed by atoms with van der Waals surface area (Å²) in [5, 5.41) is 103. The van der Waals surface area contributed by atoms with Crippen molar-refractivity contribution < 1.29 is 129 Å². The molecule has 2 amide bonds. The molecule has 628 valence electrons. The van der Waals surface area contributed by atoms with Crippen molar-refractivity contribution in [1.82, 2.24) is 10.6 Å². The molecule has 27 nitrogen and oxygen atoms in total. The number of epoxide rings is 1. The Balaban J connectivity index is 0.000000171. The topological polar surface area (TPSA) is 408 Å². The van der Waals surface area contributed by atoms with Crippen molar-refractivity contribution in [1.29, 1.82) is 0 Å². The maximum absolute atomic E-state index is 13.2. The number of ether oxygens (including phenoxy) is 6. The largest absolute Gasteiger partial charge is 1.00 e. The number of aromatic hydroxyl groups is 2. The number of phenols is 2. The number of Topliss-reactive ketones (excluding diaryl/α,β-unsaturated/α-hetero) is 1. The van der Waals surface area contributed by atoms with E-state index in [1.165, 1.54) is 45.9 Å². The number of rotatable bonds is 28. The molecule has 30 heteroatoms. The zero-order valence-corrected chi connectivity index (χ0v) is 69.6. The molecule has 13 N–H and O–H groups in total. The van der Waals surface area contributed by atoms with Crippen molar-refractivity contribution in [2.75, 3.05) is 58.6 Å². The fourth-order valence-electron chi connectivity index (χ4n) is 18.2. The molecule has 4 saturated heterocycles. The number of morpholine rings is 1. The number of likely N-dealkylation sites (N-methyl/N-ethyl adjacent to an activating group) is 1. The number of carbonyl (C=O) groups excluding carboxylic acids is 5. The van der Waals surface area contributed by atoms with E-state index in [4.69, 9.17) is 38.6 Å². The highest BCUT2D eigenvalue weighted by Gasteiger charge is 2.76. The van der Waals surface area contributed by atoms with E-state index in [1.807, 2.05) is 91.3 Å². The number of aliphatic hydroxyl groups is 5. The number of anilines is 2. The number of nitrogens with one attached hydrogen (secondary N) is 4. The number of hydrogen-bond donors (Lipinski definition) is 13. The minimum Gasteiger partial charge on any atom is -1.00 e. The normalized spacial score (nSPS) is 27.4. The molecule has 6 heterocycles. The SMILES string of the molecule is CCCC1O[C@@H]2C[C@H]3[C@@H]4CCC5=CC(=O)C=C[C@]5(C)[C@H]4[C@@H](O)C[C@]3(C)[C@]2(C(=O)CO)O1.COc1ccc(C[C@@H](C)NC[C@H](O)c2ccc(O)c(NC=O)c2)cc1.COc1ccc(C[C@@H](C)NC[C@H](O)c2ccc(O)c(NC=O)c2)cc1.C[N+]1(C)[C@@H]2CC(OC(=O)C(O)(c3cccs3)c3cccs3)C[C@H]1[C@@H]1O[C@@H]12.O=C(O)/C=C/C(=O)O.[Br-]. The first kappa shape index (κ1) is 91.3. The lowest BCUT2D eigenvalue weighted by Crippen LogP contribution is -3.00. The number of halogens is 1. The lowest BCUT2D eigenvalue weighted by molar-refractivity contribution is -0.938. The van der Waals surface area contributed by atoms with Crippen LogP contribution in [0.5, 0.6) is 23.0 Å². The van der Waals surface area contributed by atoms with E-state index >= 15 is 0 Å². The Hall–Kier alpha value is -8.57. The van der Waals surface area contributed by atoms with Gasteiger partial charge in [-0.15, -0.1) is 22.7 Å². The summed E-state index contributed by atoms with van der Waals surface area (Å²) in [6.45, 7) is 10.5. The predicted molar refractivity (Wildman–Crippen MR) is 430 cm³/mol. The van der Waals surface area contributed by atoms with Gasteiger partial charge in [-0.05, 0) is 176 Å². The summed E-state index contributed by atoms with van der Waals surface area (Å²) >= 11 is 2.74. The van der Waals surface area contributed by atoms with Crippen molar-refractivity contribution in [3.63, 3.8) is 0 Å².